The van der Waals surface area contributed by atoms with Gasteiger partial charge in [-0.3, -0.25) is 0 Å². The molecule has 98 valence electrons. The van der Waals surface area contributed by atoms with E-state index in [0.717, 1.165) is 12.0 Å². The van der Waals surface area contributed by atoms with Crippen molar-refractivity contribution in [3.8, 4) is 5.75 Å². The summed E-state index contributed by atoms with van der Waals surface area (Å²) in [6.45, 7) is 1.40. The number of alkyl halides is 2. The van der Waals surface area contributed by atoms with Crippen molar-refractivity contribution in [3.63, 3.8) is 0 Å². The van der Waals surface area contributed by atoms with Crippen LogP contribution in [0.4, 0.5) is 8.78 Å². The first-order valence-corrected chi connectivity index (χ1v) is 5.29. The average molecular weight is 266 g/mol. The van der Waals surface area contributed by atoms with Crippen LogP contribution in [-0.2, 0) is 0 Å². The first kappa shape index (κ1) is 16.1. The molecular weight excluding hydrogens is 248 g/mol. The van der Waals surface area contributed by atoms with Crippen LogP contribution in [0.2, 0.25) is 0 Å². The minimum absolute atomic E-state index is 0. The molecule has 0 aromatic heterocycles. The molecule has 0 bridgehead atoms. The van der Waals surface area contributed by atoms with E-state index in [1.165, 1.54) is 12.1 Å². The second kappa shape index (κ2) is 7.45. The quantitative estimate of drug-likeness (QED) is 0.880. The Morgan fingerprint density at radius 2 is 1.71 bits per heavy atom. The highest BCUT2D eigenvalue weighted by atomic mass is 35.5. The third-order valence-electron chi connectivity index (χ3n) is 2.26. The Balaban J connectivity index is 0.00000256. The molecule has 0 aliphatic rings. The number of rotatable bonds is 5. The van der Waals surface area contributed by atoms with E-state index in [1.54, 1.807) is 12.1 Å². The van der Waals surface area contributed by atoms with E-state index in [9.17, 15) is 8.78 Å². The monoisotopic (exact) mass is 265 g/mol. The topological polar surface area (TPSA) is 35.2 Å². The summed E-state index contributed by atoms with van der Waals surface area (Å²) in [5.74, 6) is 0.669. The van der Waals surface area contributed by atoms with Gasteiger partial charge >= 0.3 is 6.61 Å². The lowest BCUT2D eigenvalue weighted by Crippen LogP contribution is -2.12. The largest absolute Gasteiger partial charge is 0.435 e. The van der Waals surface area contributed by atoms with Crippen LogP contribution in [-0.4, -0.2) is 6.61 Å². The molecule has 0 unspecified atom stereocenters. The fourth-order valence-corrected chi connectivity index (χ4v) is 1.54. The molecule has 0 spiro atoms. The van der Waals surface area contributed by atoms with E-state index in [4.69, 9.17) is 5.73 Å². The van der Waals surface area contributed by atoms with Gasteiger partial charge in [0.1, 0.15) is 5.75 Å². The Morgan fingerprint density at radius 3 is 2.12 bits per heavy atom. The molecule has 0 amide bonds. The number of ether oxygens (including phenoxy) is 1. The molecule has 1 rings (SSSR count). The number of hydrogen-bond donors (Lipinski definition) is 1. The van der Waals surface area contributed by atoms with Gasteiger partial charge in [-0.2, -0.15) is 8.78 Å². The summed E-state index contributed by atoms with van der Waals surface area (Å²) in [6, 6.07) is 6.43. The van der Waals surface area contributed by atoms with Crippen molar-refractivity contribution < 1.29 is 13.5 Å². The highest BCUT2D eigenvalue weighted by Gasteiger charge is 2.09. The first-order chi connectivity index (χ1) is 7.49. The lowest BCUT2D eigenvalue weighted by atomic mass is 9.98. The Morgan fingerprint density at radius 1 is 1.18 bits per heavy atom. The maximum Gasteiger partial charge on any atom is 0.387 e. The Kier molecular flexibility index (Phi) is 7.07. The van der Waals surface area contributed by atoms with Crippen LogP contribution in [0.3, 0.4) is 0 Å². The van der Waals surface area contributed by atoms with Crippen LogP contribution >= 0.6 is 12.4 Å². The number of halogens is 3. The second-order valence-electron chi connectivity index (χ2n) is 4.18. The number of nitrogens with two attached hydrogens (primary N) is 1. The van der Waals surface area contributed by atoms with Crippen molar-refractivity contribution >= 4 is 12.4 Å². The Bertz CT molecular complexity index is 317. The fraction of sp³-hybridized carbons (Fsp3) is 0.500. The van der Waals surface area contributed by atoms with Crippen molar-refractivity contribution in [1.29, 1.82) is 0 Å². The second-order valence-corrected chi connectivity index (χ2v) is 4.18. The summed E-state index contributed by atoms with van der Waals surface area (Å²) in [4.78, 5) is 0. The Hall–Kier alpha value is -0.870. The van der Waals surface area contributed by atoms with Crippen LogP contribution < -0.4 is 10.5 Å². The summed E-state index contributed by atoms with van der Waals surface area (Å²) in [5, 5.41) is 0. The third-order valence-corrected chi connectivity index (χ3v) is 2.26. The lowest BCUT2D eigenvalue weighted by Gasteiger charge is -2.14. The lowest BCUT2D eigenvalue weighted by molar-refractivity contribution is -0.0498. The molecule has 0 fully saturated rings. The SMILES string of the molecule is CC(C)C[C@H](N)c1ccc(OC(F)F)cc1.Cl. The zero-order valence-electron chi connectivity index (χ0n) is 9.90. The summed E-state index contributed by atoms with van der Waals surface area (Å²) >= 11 is 0. The number of benzene rings is 1. The maximum absolute atomic E-state index is 11.9. The van der Waals surface area contributed by atoms with Crippen LogP contribution in [0.15, 0.2) is 24.3 Å². The van der Waals surface area contributed by atoms with Gasteiger partial charge in [0.15, 0.2) is 0 Å². The molecule has 0 aliphatic carbocycles. The summed E-state index contributed by atoms with van der Waals surface area (Å²) in [7, 11) is 0. The van der Waals surface area contributed by atoms with Crippen molar-refractivity contribution in [3.05, 3.63) is 29.8 Å². The molecule has 0 aliphatic heterocycles. The number of hydrogen-bond acceptors (Lipinski definition) is 2. The summed E-state index contributed by atoms with van der Waals surface area (Å²) < 4.78 is 28.1. The molecule has 2 nitrogen and oxygen atoms in total. The summed E-state index contributed by atoms with van der Waals surface area (Å²) in [5.41, 5.74) is 6.90. The van der Waals surface area contributed by atoms with E-state index >= 15 is 0 Å². The van der Waals surface area contributed by atoms with Gasteiger partial charge in [0, 0.05) is 6.04 Å². The highest BCUT2D eigenvalue weighted by molar-refractivity contribution is 5.85. The predicted octanol–water partition coefficient (Wildman–Crippen LogP) is 3.76. The minimum atomic E-state index is -2.78. The maximum atomic E-state index is 11.9. The van der Waals surface area contributed by atoms with Gasteiger partial charge in [-0.15, -0.1) is 12.4 Å². The normalized spacial score (nSPS) is 12.4. The van der Waals surface area contributed by atoms with Crippen molar-refractivity contribution in [2.24, 2.45) is 11.7 Å². The van der Waals surface area contributed by atoms with Gasteiger partial charge in [0.05, 0.1) is 0 Å². The smallest absolute Gasteiger partial charge is 0.387 e. The van der Waals surface area contributed by atoms with Gasteiger partial charge < -0.3 is 10.5 Å². The zero-order valence-corrected chi connectivity index (χ0v) is 10.7. The van der Waals surface area contributed by atoms with E-state index in [0.29, 0.717) is 5.92 Å². The van der Waals surface area contributed by atoms with E-state index in [1.807, 2.05) is 0 Å². The molecule has 1 atom stereocenters. The molecule has 0 saturated heterocycles. The molecule has 1 aromatic carbocycles. The van der Waals surface area contributed by atoms with Crippen LogP contribution in [0.5, 0.6) is 5.75 Å². The van der Waals surface area contributed by atoms with Crippen LogP contribution in [0.1, 0.15) is 31.9 Å². The minimum Gasteiger partial charge on any atom is -0.435 e. The van der Waals surface area contributed by atoms with Gasteiger partial charge in [0.25, 0.3) is 0 Å². The van der Waals surface area contributed by atoms with Crippen molar-refractivity contribution in [1.82, 2.24) is 0 Å². The van der Waals surface area contributed by atoms with E-state index in [2.05, 4.69) is 18.6 Å². The molecular formula is C12H18ClF2NO. The Labute approximate surface area is 107 Å². The highest BCUT2D eigenvalue weighted by Crippen LogP contribution is 2.22. The van der Waals surface area contributed by atoms with Gasteiger partial charge in [0.2, 0.25) is 0 Å². The standard InChI is InChI=1S/C12H17F2NO.ClH/c1-8(2)7-11(15)9-3-5-10(6-4-9)16-12(13)14;/h3-6,8,11-12H,7,15H2,1-2H3;1H/t11-;/m0./s1. The van der Waals surface area contributed by atoms with E-state index in [-0.39, 0.29) is 24.2 Å². The first-order valence-electron chi connectivity index (χ1n) is 5.29. The molecule has 0 saturated carbocycles. The molecule has 0 radical (unpaired) electrons. The van der Waals surface area contributed by atoms with Gasteiger partial charge in [-0.05, 0) is 30.0 Å². The van der Waals surface area contributed by atoms with Crippen LogP contribution in [0, 0.1) is 5.92 Å². The van der Waals surface area contributed by atoms with E-state index < -0.39 is 6.61 Å². The van der Waals surface area contributed by atoms with Crippen molar-refractivity contribution in [2.45, 2.75) is 32.9 Å². The fourth-order valence-electron chi connectivity index (χ4n) is 1.54. The van der Waals surface area contributed by atoms with Gasteiger partial charge in [-0.25, -0.2) is 0 Å². The zero-order chi connectivity index (χ0) is 12.1. The van der Waals surface area contributed by atoms with Crippen molar-refractivity contribution in [2.75, 3.05) is 0 Å². The van der Waals surface area contributed by atoms with Gasteiger partial charge in [-0.1, -0.05) is 26.0 Å². The van der Waals surface area contributed by atoms with Crippen LogP contribution in [0.25, 0.3) is 0 Å². The molecule has 1 aromatic rings. The summed E-state index contributed by atoms with van der Waals surface area (Å²) in [6.07, 6.45) is 0.870. The third kappa shape index (κ3) is 5.84. The molecule has 17 heavy (non-hydrogen) atoms. The molecule has 2 N–H and O–H groups in total. The predicted molar refractivity (Wildman–Crippen MR) is 66.7 cm³/mol. The molecule has 5 heteroatoms. The molecule has 0 heterocycles. The average Bonchev–Trinajstić information content (AvgIpc) is 2.16.